The van der Waals surface area contributed by atoms with E-state index in [4.69, 9.17) is 0 Å². The number of carbonyl (C=O) groups excluding carboxylic acids is 2. The second-order valence-electron chi connectivity index (χ2n) is 6.38. The number of amides is 2. The van der Waals surface area contributed by atoms with Crippen molar-refractivity contribution in [2.75, 3.05) is 0 Å². The van der Waals surface area contributed by atoms with Gasteiger partial charge in [0.25, 0.3) is 5.91 Å². The third-order valence-electron chi connectivity index (χ3n) is 4.96. The molecule has 2 unspecified atom stereocenters. The lowest BCUT2D eigenvalue weighted by molar-refractivity contribution is -0.118. The van der Waals surface area contributed by atoms with Gasteiger partial charge in [0.15, 0.2) is 0 Å². The number of aromatic nitrogens is 1. The van der Waals surface area contributed by atoms with Crippen LogP contribution in [0, 0.1) is 5.92 Å². The van der Waals surface area contributed by atoms with Crippen LogP contribution >= 0.6 is 0 Å². The summed E-state index contributed by atoms with van der Waals surface area (Å²) in [6, 6.07) is 7.85. The number of benzene rings is 1. The minimum absolute atomic E-state index is 0.0710. The first-order valence-corrected chi connectivity index (χ1v) is 8.22. The predicted octanol–water partition coefficient (Wildman–Crippen LogP) is 2.18. The largest absolute Gasteiger partial charge is 0.360 e. The molecule has 1 fully saturated rings. The molecule has 0 bridgehead atoms. The molecule has 5 nitrogen and oxygen atoms in total. The van der Waals surface area contributed by atoms with Crippen LogP contribution < -0.4 is 10.6 Å². The second-order valence-corrected chi connectivity index (χ2v) is 6.38. The van der Waals surface area contributed by atoms with Crippen LogP contribution in [0.2, 0.25) is 0 Å². The van der Waals surface area contributed by atoms with E-state index in [1.807, 2.05) is 54.8 Å². The predicted molar refractivity (Wildman–Crippen MR) is 95.1 cm³/mol. The molecule has 122 valence electrons. The van der Waals surface area contributed by atoms with Gasteiger partial charge in [-0.1, -0.05) is 42.5 Å². The van der Waals surface area contributed by atoms with Crippen LogP contribution in [0.3, 0.4) is 0 Å². The highest BCUT2D eigenvalue weighted by molar-refractivity contribution is 6.15. The van der Waals surface area contributed by atoms with Gasteiger partial charge in [0.05, 0.1) is 17.3 Å². The van der Waals surface area contributed by atoms with Crippen molar-refractivity contribution in [2.45, 2.75) is 6.04 Å². The summed E-state index contributed by atoms with van der Waals surface area (Å²) in [4.78, 5) is 28.2. The summed E-state index contributed by atoms with van der Waals surface area (Å²) in [5.41, 5.74) is 3.64. The Morgan fingerprint density at radius 2 is 1.80 bits per heavy atom. The van der Waals surface area contributed by atoms with Crippen LogP contribution in [-0.4, -0.2) is 22.8 Å². The summed E-state index contributed by atoms with van der Waals surface area (Å²) in [6.07, 6.45) is 11.4. The monoisotopic (exact) mass is 329 g/mol. The Kier molecular flexibility index (Phi) is 2.85. The molecule has 1 aromatic heterocycles. The highest BCUT2D eigenvalue weighted by Crippen LogP contribution is 2.34. The molecule has 0 spiro atoms. The van der Waals surface area contributed by atoms with Crippen molar-refractivity contribution in [1.29, 1.82) is 0 Å². The van der Waals surface area contributed by atoms with Crippen molar-refractivity contribution in [2.24, 2.45) is 5.92 Å². The van der Waals surface area contributed by atoms with Crippen molar-refractivity contribution in [3.05, 3.63) is 77.6 Å². The number of allylic oxidation sites excluding steroid dienone is 2. The SMILES string of the molecule is O=C1NC(c2c[nH]c3ccccc23)=C/C1=C1\C(=O)NC2C=CC=CC12. The van der Waals surface area contributed by atoms with Crippen molar-refractivity contribution in [3.63, 3.8) is 0 Å². The summed E-state index contributed by atoms with van der Waals surface area (Å²) < 4.78 is 0. The van der Waals surface area contributed by atoms with Crippen molar-refractivity contribution >= 4 is 28.4 Å². The maximum absolute atomic E-state index is 12.6. The van der Waals surface area contributed by atoms with E-state index in [9.17, 15) is 9.59 Å². The van der Waals surface area contributed by atoms with Crippen molar-refractivity contribution in [1.82, 2.24) is 15.6 Å². The fraction of sp³-hybridized carbons (Fsp3) is 0.100. The van der Waals surface area contributed by atoms with Gasteiger partial charge in [-0.05, 0) is 12.1 Å². The lowest BCUT2D eigenvalue weighted by Crippen LogP contribution is -2.26. The minimum atomic E-state index is -0.228. The van der Waals surface area contributed by atoms with E-state index in [1.54, 1.807) is 6.08 Å². The van der Waals surface area contributed by atoms with Crippen molar-refractivity contribution < 1.29 is 9.59 Å². The number of H-pyrrole nitrogens is 1. The van der Waals surface area contributed by atoms with Crippen LogP contribution in [0.25, 0.3) is 16.6 Å². The molecule has 0 radical (unpaired) electrons. The fourth-order valence-electron chi connectivity index (χ4n) is 3.78. The first-order chi connectivity index (χ1) is 12.2. The lowest BCUT2D eigenvalue weighted by atomic mass is 9.89. The molecule has 5 heteroatoms. The Morgan fingerprint density at radius 3 is 2.72 bits per heavy atom. The molecular weight excluding hydrogens is 314 g/mol. The number of carbonyl (C=O) groups is 2. The molecule has 1 aromatic carbocycles. The molecule has 0 saturated carbocycles. The lowest BCUT2D eigenvalue weighted by Gasteiger charge is -2.14. The Labute approximate surface area is 143 Å². The summed E-state index contributed by atoms with van der Waals surface area (Å²) in [7, 11) is 0. The van der Waals surface area contributed by atoms with Gasteiger partial charge in [-0.3, -0.25) is 9.59 Å². The van der Waals surface area contributed by atoms with Gasteiger partial charge in [-0.15, -0.1) is 0 Å². The third kappa shape index (κ3) is 2.02. The zero-order valence-corrected chi connectivity index (χ0v) is 13.2. The first kappa shape index (κ1) is 14.0. The van der Waals surface area contributed by atoms with Crippen molar-refractivity contribution in [3.8, 4) is 0 Å². The highest BCUT2D eigenvalue weighted by atomic mass is 16.2. The number of nitrogens with one attached hydrogen (secondary N) is 3. The molecular formula is C20H15N3O2. The van der Waals surface area contributed by atoms with Gasteiger partial charge in [-0.25, -0.2) is 0 Å². The molecule has 3 heterocycles. The second kappa shape index (κ2) is 5.08. The Bertz CT molecular complexity index is 1050. The molecule has 3 N–H and O–H groups in total. The van der Waals surface area contributed by atoms with E-state index in [1.165, 1.54) is 0 Å². The van der Waals surface area contributed by atoms with Crippen LogP contribution in [0.5, 0.6) is 0 Å². The fourth-order valence-corrected chi connectivity index (χ4v) is 3.78. The number of para-hydroxylation sites is 1. The number of fused-ring (bicyclic) bond motifs is 2. The highest BCUT2D eigenvalue weighted by Gasteiger charge is 2.39. The maximum atomic E-state index is 12.6. The number of hydrogen-bond acceptors (Lipinski definition) is 2. The molecule has 25 heavy (non-hydrogen) atoms. The van der Waals surface area contributed by atoms with E-state index in [-0.39, 0.29) is 23.8 Å². The number of aromatic amines is 1. The molecule has 1 saturated heterocycles. The minimum Gasteiger partial charge on any atom is -0.360 e. The van der Waals surface area contributed by atoms with E-state index in [0.717, 1.165) is 22.2 Å². The average Bonchev–Trinajstić information content (AvgIpc) is 3.29. The normalized spacial score (nSPS) is 27.4. The maximum Gasteiger partial charge on any atom is 0.256 e. The van der Waals surface area contributed by atoms with Gasteiger partial charge >= 0.3 is 0 Å². The van der Waals surface area contributed by atoms with Crippen LogP contribution in [0.4, 0.5) is 0 Å². The average molecular weight is 329 g/mol. The number of rotatable bonds is 1. The molecule has 2 aromatic rings. The molecule has 1 aliphatic carbocycles. The molecule has 3 aliphatic rings. The zero-order valence-electron chi connectivity index (χ0n) is 13.2. The van der Waals surface area contributed by atoms with Gasteiger partial charge in [0, 0.05) is 34.2 Å². The quantitative estimate of drug-likeness (QED) is 0.702. The number of hydrogen-bond donors (Lipinski definition) is 3. The van der Waals surface area contributed by atoms with Gasteiger partial charge in [0.2, 0.25) is 5.91 Å². The Balaban J connectivity index is 1.64. The van der Waals surface area contributed by atoms with E-state index < -0.39 is 0 Å². The van der Waals surface area contributed by atoms with Crippen LogP contribution in [0.1, 0.15) is 5.56 Å². The standard InChI is InChI=1S/C20H15N3O2/c24-19-13(18-12-6-2-4-8-16(12)22-20(18)25)9-17(23-19)14-10-21-15-7-3-1-5-11(14)15/h1-10,12,16,21H,(H,22,25)(H,23,24)/b18-13+. The summed E-state index contributed by atoms with van der Waals surface area (Å²) in [5, 5.41) is 6.88. The van der Waals surface area contributed by atoms with Gasteiger partial charge in [-0.2, -0.15) is 0 Å². The summed E-state index contributed by atoms with van der Waals surface area (Å²) in [5.74, 6) is -0.501. The third-order valence-corrected chi connectivity index (χ3v) is 4.96. The Morgan fingerprint density at radius 1 is 0.960 bits per heavy atom. The molecule has 2 atom stereocenters. The van der Waals surface area contributed by atoms with E-state index in [2.05, 4.69) is 15.6 Å². The topological polar surface area (TPSA) is 74.0 Å². The summed E-state index contributed by atoms with van der Waals surface area (Å²) >= 11 is 0. The smallest absolute Gasteiger partial charge is 0.256 e. The van der Waals surface area contributed by atoms with Crippen LogP contribution in [-0.2, 0) is 9.59 Å². The van der Waals surface area contributed by atoms with E-state index in [0.29, 0.717) is 11.1 Å². The van der Waals surface area contributed by atoms with Gasteiger partial charge < -0.3 is 15.6 Å². The first-order valence-electron chi connectivity index (χ1n) is 8.22. The molecule has 2 amide bonds. The van der Waals surface area contributed by atoms with Crippen LogP contribution in [0.15, 0.2) is 72.0 Å². The summed E-state index contributed by atoms with van der Waals surface area (Å²) in [6.45, 7) is 0. The Hall–Kier alpha value is -3.34. The zero-order chi connectivity index (χ0) is 17.0. The molecule has 2 aliphatic heterocycles. The molecule has 5 rings (SSSR count). The van der Waals surface area contributed by atoms with Gasteiger partial charge in [0.1, 0.15) is 0 Å². The van der Waals surface area contributed by atoms with E-state index >= 15 is 0 Å².